The molecule has 0 aliphatic rings. The standard InChI is InChI=1S/C20H18BrClN4O2/c1-13-18(11-23-26(13)17-8-6-14(21)7-9-17)20(28)25(2)12-19(27)24-16-5-3-4-15(22)10-16/h3-11H,12H2,1-2H3,(H,24,27). The van der Waals surface area contributed by atoms with Gasteiger partial charge in [0.25, 0.3) is 5.91 Å². The van der Waals surface area contributed by atoms with Gasteiger partial charge < -0.3 is 10.2 Å². The summed E-state index contributed by atoms with van der Waals surface area (Å²) in [5.74, 6) is -0.585. The van der Waals surface area contributed by atoms with Crippen molar-refractivity contribution in [3.8, 4) is 5.69 Å². The van der Waals surface area contributed by atoms with Crippen molar-refractivity contribution >= 4 is 45.0 Å². The number of anilines is 1. The van der Waals surface area contributed by atoms with Crippen molar-refractivity contribution in [1.29, 1.82) is 0 Å². The van der Waals surface area contributed by atoms with Crippen LogP contribution in [0.2, 0.25) is 5.02 Å². The molecule has 144 valence electrons. The van der Waals surface area contributed by atoms with Crippen LogP contribution in [0.25, 0.3) is 5.69 Å². The predicted octanol–water partition coefficient (Wildman–Crippen LogP) is 4.31. The van der Waals surface area contributed by atoms with Gasteiger partial charge in [0.15, 0.2) is 0 Å². The fraction of sp³-hybridized carbons (Fsp3) is 0.150. The topological polar surface area (TPSA) is 67.2 Å². The normalized spacial score (nSPS) is 10.6. The van der Waals surface area contributed by atoms with E-state index < -0.39 is 0 Å². The van der Waals surface area contributed by atoms with E-state index in [-0.39, 0.29) is 18.4 Å². The second-order valence-electron chi connectivity index (χ2n) is 6.25. The molecule has 8 heteroatoms. The van der Waals surface area contributed by atoms with Crippen molar-refractivity contribution in [3.63, 3.8) is 0 Å². The van der Waals surface area contributed by atoms with Gasteiger partial charge >= 0.3 is 0 Å². The Morgan fingerprint density at radius 2 is 1.93 bits per heavy atom. The molecule has 1 aromatic heterocycles. The van der Waals surface area contributed by atoms with E-state index in [4.69, 9.17) is 11.6 Å². The van der Waals surface area contributed by atoms with E-state index in [9.17, 15) is 9.59 Å². The van der Waals surface area contributed by atoms with Gasteiger partial charge in [-0.1, -0.05) is 33.6 Å². The van der Waals surface area contributed by atoms with E-state index in [1.54, 1.807) is 36.0 Å². The highest BCUT2D eigenvalue weighted by molar-refractivity contribution is 9.10. The number of nitrogens with one attached hydrogen (secondary N) is 1. The first-order valence-corrected chi connectivity index (χ1v) is 9.63. The highest BCUT2D eigenvalue weighted by atomic mass is 79.9. The number of likely N-dealkylation sites (N-methyl/N-ethyl adjacent to an activating group) is 1. The van der Waals surface area contributed by atoms with Crippen molar-refractivity contribution in [1.82, 2.24) is 14.7 Å². The molecule has 1 N–H and O–H groups in total. The van der Waals surface area contributed by atoms with Crippen LogP contribution in [-0.2, 0) is 4.79 Å². The first kappa shape index (κ1) is 20.1. The predicted molar refractivity (Wildman–Crippen MR) is 113 cm³/mol. The second kappa shape index (κ2) is 8.58. The van der Waals surface area contributed by atoms with Crippen LogP contribution >= 0.6 is 27.5 Å². The third-order valence-corrected chi connectivity index (χ3v) is 4.91. The van der Waals surface area contributed by atoms with E-state index in [1.165, 1.54) is 11.1 Å². The highest BCUT2D eigenvalue weighted by Crippen LogP contribution is 2.18. The molecule has 0 radical (unpaired) electrons. The van der Waals surface area contributed by atoms with Crippen molar-refractivity contribution in [2.45, 2.75) is 6.92 Å². The lowest BCUT2D eigenvalue weighted by atomic mass is 10.2. The maximum absolute atomic E-state index is 12.8. The molecule has 0 fully saturated rings. The summed E-state index contributed by atoms with van der Waals surface area (Å²) in [7, 11) is 1.58. The van der Waals surface area contributed by atoms with Gasteiger partial charge in [0, 0.05) is 22.2 Å². The Balaban J connectivity index is 1.69. The monoisotopic (exact) mass is 460 g/mol. The smallest absolute Gasteiger partial charge is 0.257 e. The summed E-state index contributed by atoms with van der Waals surface area (Å²) in [5.41, 5.74) is 2.58. The van der Waals surface area contributed by atoms with Gasteiger partial charge in [0.1, 0.15) is 0 Å². The Bertz CT molecular complexity index is 1020. The maximum atomic E-state index is 12.8. The number of amides is 2. The molecule has 0 aliphatic heterocycles. The van der Waals surface area contributed by atoms with Crippen LogP contribution in [0.15, 0.2) is 59.2 Å². The van der Waals surface area contributed by atoms with Gasteiger partial charge in [-0.25, -0.2) is 4.68 Å². The van der Waals surface area contributed by atoms with Gasteiger partial charge in [-0.05, 0) is 49.4 Å². The van der Waals surface area contributed by atoms with Gasteiger partial charge in [-0.3, -0.25) is 9.59 Å². The number of aromatic nitrogens is 2. The molecule has 0 atom stereocenters. The lowest BCUT2D eigenvalue weighted by Crippen LogP contribution is -2.35. The molecule has 2 amide bonds. The van der Waals surface area contributed by atoms with Crippen LogP contribution in [0.1, 0.15) is 16.1 Å². The van der Waals surface area contributed by atoms with Crippen molar-refractivity contribution in [2.75, 3.05) is 18.9 Å². The maximum Gasteiger partial charge on any atom is 0.257 e. The second-order valence-corrected chi connectivity index (χ2v) is 7.60. The minimum Gasteiger partial charge on any atom is -0.332 e. The number of hydrogen-bond acceptors (Lipinski definition) is 3. The van der Waals surface area contributed by atoms with E-state index >= 15 is 0 Å². The first-order chi connectivity index (χ1) is 13.3. The molecule has 0 spiro atoms. The van der Waals surface area contributed by atoms with Crippen molar-refractivity contribution in [2.24, 2.45) is 0 Å². The number of halogens is 2. The fourth-order valence-corrected chi connectivity index (χ4v) is 3.18. The molecule has 1 heterocycles. The summed E-state index contributed by atoms with van der Waals surface area (Å²) in [6.07, 6.45) is 1.52. The van der Waals surface area contributed by atoms with Crippen molar-refractivity contribution < 1.29 is 9.59 Å². The molecule has 0 saturated carbocycles. The first-order valence-electron chi connectivity index (χ1n) is 8.46. The Morgan fingerprint density at radius 1 is 1.21 bits per heavy atom. The molecular weight excluding hydrogens is 444 g/mol. The zero-order valence-electron chi connectivity index (χ0n) is 15.3. The number of nitrogens with zero attached hydrogens (tertiary/aromatic N) is 3. The Morgan fingerprint density at radius 3 is 2.61 bits per heavy atom. The zero-order valence-corrected chi connectivity index (χ0v) is 17.7. The molecule has 0 saturated heterocycles. The Kier molecular flexibility index (Phi) is 6.16. The summed E-state index contributed by atoms with van der Waals surface area (Å²) in [6, 6.07) is 14.5. The summed E-state index contributed by atoms with van der Waals surface area (Å²) in [5, 5.41) is 7.57. The largest absolute Gasteiger partial charge is 0.332 e. The summed E-state index contributed by atoms with van der Waals surface area (Å²) in [6.45, 7) is 1.73. The summed E-state index contributed by atoms with van der Waals surface area (Å²) < 4.78 is 2.65. The third-order valence-electron chi connectivity index (χ3n) is 4.15. The minimum absolute atomic E-state index is 0.0890. The summed E-state index contributed by atoms with van der Waals surface area (Å²) in [4.78, 5) is 26.4. The number of benzene rings is 2. The molecule has 28 heavy (non-hydrogen) atoms. The van der Waals surface area contributed by atoms with Gasteiger partial charge in [0.2, 0.25) is 5.91 Å². The fourth-order valence-electron chi connectivity index (χ4n) is 2.72. The van der Waals surface area contributed by atoms with Crippen LogP contribution in [0.4, 0.5) is 5.69 Å². The van der Waals surface area contributed by atoms with Crippen LogP contribution in [-0.4, -0.2) is 40.1 Å². The average molecular weight is 462 g/mol. The lowest BCUT2D eigenvalue weighted by Gasteiger charge is -2.17. The van der Waals surface area contributed by atoms with Crippen LogP contribution < -0.4 is 5.32 Å². The quantitative estimate of drug-likeness (QED) is 0.616. The average Bonchev–Trinajstić information content (AvgIpc) is 3.03. The molecule has 2 aromatic carbocycles. The molecule has 0 bridgehead atoms. The van der Waals surface area contributed by atoms with Gasteiger partial charge in [0.05, 0.1) is 29.7 Å². The van der Waals surface area contributed by atoms with E-state index in [2.05, 4.69) is 26.3 Å². The number of hydrogen-bond donors (Lipinski definition) is 1. The Labute approximate surface area is 176 Å². The van der Waals surface area contributed by atoms with Crippen LogP contribution in [0.5, 0.6) is 0 Å². The minimum atomic E-state index is -0.309. The van der Waals surface area contributed by atoms with Gasteiger partial charge in [-0.15, -0.1) is 0 Å². The van der Waals surface area contributed by atoms with E-state index in [0.29, 0.717) is 22.0 Å². The molecular formula is C20H18BrClN4O2. The van der Waals surface area contributed by atoms with Crippen molar-refractivity contribution in [3.05, 3.63) is 75.5 Å². The van der Waals surface area contributed by atoms with Gasteiger partial charge in [-0.2, -0.15) is 5.10 Å². The third kappa shape index (κ3) is 4.61. The number of rotatable bonds is 5. The summed E-state index contributed by atoms with van der Waals surface area (Å²) >= 11 is 9.31. The molecule has 3 rings (SSSR count). The molecule has 0 unspecified atom stereocenters. The van der Waals surface area contributed by atoms with Crippen LogP contribution in [0, 0.1) is 6.92 Å². The zero-order chi connectivity index (χ0) is 20.3. The SMILES string of the molecule is Cc1c(C(=O)N(C)CC(=O)Nc2cccc(Cl)c2)cnn1-c1ccc(Br)cc1. The molecule has 6 nitrogen and oxygen atoms in total. The molecule has 0 aliphatic carbocycles. The van der Waals surface area contributed by atoms with E-state index in [1.807, 2.05) is 31.2 Å². The number of carbonyl (C=O) groups is 2. The lowest BCUT2D eigenvalue weighted by molar-refractivity contribution is -0.116. The number of carbonyl (C=O) groups excluding carboxylic acids is 2. The Hall–Kier alpha value is -2.64. The van der Waals surface area contributed by atoms with E-state index in [0.717, 1.165) is 10.2 Å². The highest BCUT2D eigenvalue weighted by Gasteiger charge is 2.20. The van der Waals surface area contributed by atoms with Crippen LogP contribution in [0.3, 0.4) is 0 Å². The molecule has 3 aromatic rings.